The van der Waals surface area contributed by atoms with Crippen LogP contribution >= 0.6 is 7.82 Å². The minimum absolute atomic E-state index is 0.0110. The second-order valence-corrected chi connectivity index (χ2v) is 9.37. The van der Waals surface area contributed by atoms with E-state index in [2.05, 4.69) is 20.5 Å². The van der Waals surface area contributed by atoms with Gasteiger partial charge in [-0.2, -0.15) is 0 Å². The van der Waals surface area contributed by atoms with Gasteiger partial charge in [-0.3, -0.25) is 29.0 Å². The van der Waals surface area contributed by atoms with Gasteiger partial charge in [-0.1, -0.05) is 42.5 Å². The maximum atomic E-state index is 13.0. The number of carbonyl (C=O) groups is 4. The Bertz CT molecular complexity index is 1120. The SMILES string of the molecule is CC(=O)N[C@@H](Cc1ccc(OP(=O)(O)O)cc1)C(=O)N[C@@H](CCC(=O)O)C(=O)NCCc1ccccc1. The molecule has 0 heterocycles. The van der Waals surface area contributed by atoms with Gasteiger partial charge in [0.1, 0.15) is 17.8 Å². The van der Waals surface area contributed by atoms with E-state index < -0.39 is 43.6 Å². The highest BCUT2D eigenvalue weighted by molar-refractivity contribution is 7.46. The highest BCUT2D eigenvalue weighted by Gasteiger charge is 2.27. The van der Waals surface area contributed by atoms with Crippen LogP contribution in [0.3, 0.4) is 0 Å². The maximum absolute atomic E-state index is 13.0. The minimum atomic E-state index is -4.73. The number of amides is 3. The molecule has 0 saturated carbocycles. The number of phosphoric acid groups is 1. The summed E-state index contributed by atoms with van der Waals surface area (Å²) in [6.07, 6.45) is 0.0215. The number of aliphatic carboxylic acids is 1. The minimum Gasteiger partial charge on any atom is -0.481 e. The van der Waals surface area contributed by atoms with E-state index in [-0.39, 0.29) is 31.6 Å². The standard InChI is InChI=1S/C24H30N3O9P/c1-16(28)26-21(15-18-7-9-19(10-8-18)36-37(33,34)35)24(32)27-20(11-12-22(29)30)23(31)25-14-13-17-5-3-2-4-6-17/h2-10,20-21H,11-15H2,1H3,(H,25,31)(H,26,28)(H,27,32)(H,29,30)(H2,33,34,35)/t20-,21-/m0/s1. The normalized spacial score (nSPS) is 12.6. The van der Waals surface area contributed by atoms with Crippen LogP contribution < -0.4 is 20.5 Å². The Labute approximate surface area is 213 Å². The molecule has 2 rings (SSSR count). The molecule has 200 valence electrons. The summed E-state index contributed by atoms with van der Waals surface area (Å²) in [6.45, 7) is 1.50. The fourth-order valence-electron chi connectivity index (χ4n) is 3.42. The third-order valence-corrected chi connectivity index (χ3v) is 5.57. The van der Waals surface area contributed by atoms with Gasteiger partial charge in [0.05, 0.1) is 0 Å². The molecule has 13 heteroatoms. The number of carbonyl (C=O) groups excluding carboxylic acids is 3. The Morgan fingerprint density at radius 1 is 0.892 bits per heavy atom. The average molecular weight is 535 g/mol. The summed E-state index contributed by atoms with van der Waals surface area (Å²) < 4.78 is 15.5. The second kappa shape index (κ2) is 14.1. The first-order chi connectivity index (χ1) is 17.4. The van der Waals surface area contributed by atoms with Gasteiger partial charge in [0.15, 0.2) is 0 Å². The van der Waals surface area contributed by atoms with E-state index in [1.54, 1.807) is 0 Å². The molecule has 0 aromatic heterocycles. The molecule has 6 N–H and O–H groups in total. The molecule has 0 aliphatic carbocycles. The van der Waals surface area contributed by atoms with Crippen LogP contribution in [0.5, 0.6) is 5.75 Å². The summed E-state index contributed by atoms with van der Waals surface area (Å²) in [4.78, 5) is 66.4. The maximum Gasteiger partial charge on any atom is 0.524 e. The van der Waals surface area contributed by atoms with E-state index in [0.29, 0.717) is 12.0 Å². The van der Waals surface area contributed by atoms with Crippen molar-refractivity contribution in [3.05, 3.63) is 65.7 Å². The van der Waals surface area contributed by atoms with Crippen LogP contribution in [0.1, 0.15) is 30.9 Å². The summed E-state index contributed by atoms with van der Waals surface area (Å²) >= 11 is 0. The van der Waals surface area contributed by atoms with Crippen molar-refractivity contribution in [3.63, 3.8) is 0 Å². The Morgan fingerprint density at radius 2 is 1.54 bits per heavy atom. The van der Waals surface area contributed by atoms with Crippen LogP contribution in [0.4, 0.5) is 0 Å². The van der Waals surface area contributed by atoms with Crippen LogP contribution in [-0.4, -0.2) is 57.2 Å². The molecular weight excluding hydrogens is 505 g/mol. The zero-order valence-electron chi connectivity index (χ0n) is 20.1. The van der Waals surface area contributed by atoms with E-state index in [1.807, 2.05) is 30.3 Å². The summed E-state index contributed by atoms with van der Waals surface area (Å²) in [5.74, 6) is -2.97. The van der Waals surface area contributed by atoms with Gasteiger partial charge >= 0.3 is 13.8 Å². The van der Waals surface area contributed by atoms with Crippen molar-refractivity contribution < 1.29 is 43.2 Å². The smallest absolute Gasteiger partial charge is 0.481 e. The molecule has 0 radical (unpaired) electrons. The number of benzene rings is 2. The third kappa shape index (κ3) is 11.7. The largest absolute Gasteiger partial charge is 0.524 e. The number of carboxylic acid groups (broad SMARTS) is 1. The van der Waals surface area contributed by atoms with E-state index in [4.69, 9.17) is 14.9 Å². The zero-order valence-corrected chi connectivity index (χ0v) is 21.0. The van der Waals surface area contributed by atoms with Crippen molar-refractivity contribution in [2.75, 3.05) is 6.54 Å². The van der Waals surface area contributed by atoms with Gasteiger partial charge in [0.2, 0.25) is 17.7 Å². The molecule has 2 aromatic rings. The van der Waals surface area contributed by atoms with E-state index >= 15 is 0 Å². The van der Waals surface area contributed by atoms with Crippen LogP contribution in [0.15, 0.2) is 54.6 Å². The lowest BCUT2D eigenvalue weighted by molar-refractivity contribution is -0.138. The molecule has 12 nitrogen and oxygen atoms in total. The van der Waals surface area contributed by atoms with Crippen molar-refractivity contribution in [1.82, 2.24) is 16.0 Å². The Kier molecular flexibility index (Phi) is 11.3. The Morgan fingerprint density at radius 3 is 2.11 bits per heavy atom. The number of phosphoric ester groups is 1. The predicted molar refractivity (Wildman–Crippen MR) is 132 cm³/mol. The van der Waals surface area contributed by atoms with Crippen LogP contribution in [0, 0.1) is 0 Å². The molecule has 37 heavy (non-hydrogen) atoms. The number of hydrogen-bond donors (Lipinski definition) is 6. The molecule has 2 aromatic carbocycles. The Balaban J connectivity index is 2.07. The lowest BCUT2D eigenvalue weighted by Gasteiger charge is -2.23. The van der Waals surface area contributed by atoms with Crippen LogP contribution in [0.25, 0.3) is 0 Å². The molecule has 2 atom stereocenters. The fraction of sp³-hybridized carbons (Fsp3) is 0.333. The number of hydrogen-bond acceptors (Lipinski definition) is 6. The van der Waals surface area contributed by atoms with Gasteiger partial charge in [0, 0.05) is 26.3 Å². The number of nitrogens with one attached hydrogen (secondary N) is 3. The monoisotopic (exact) mass is 535 g/mol. The molecule has 0 saturated heterocycles. The molecule has 0 bridgehead atoms. The molecule has 0 aliphatic heterocycles. The van der Waals surface area contributed by atoms with Crippen molar-refractivity contribution in [1.29, 1.82) is 0 Å². The highest BCUT2D eigenvalue weighted by Crippen LogP contribution is 2.37. The summed E-state index contributed by atoms with van der Waals surface area (Å²) in [7, 11) is -4.73. The highest BCUT2D eigenvalue weighted by atomic mass is 31.2. The lowest BCUT2D eigenvalue weighted by Crippen LogP contribution is -2.54. The fourth-order valence-corrected chi connectivity index (χ4v) is 3.82. The van der Waals surface area contributed by atoms with Gasteiger partial charge < -0.3 is 25.6 Å². The first-order valence-electron chi connectivity index (χ1n) is 11.4. The van der Waals surface area contributed by atoms with E-state index in [1.165, 1.54) is 31.2 Å². The first-order valence-corrected chi connectivity index (χ1v) is 12.9. The summed E-state index contributed by atoms with van der Waals surface area (Å²) in [5, 5.41) is 16.8. The van der Waals surface area contributed by atoms with Crippen molar-refractivity contribution in [2.45, 2.75) is 44.7 Å². The lowest BCUT2D eigenvalue weighted by atomic mass is 10.0. The van der Waals surface area contributed by atoms with Crippen molar-refractivity contribution in [3.8, 4) is 5.75 Å². The quantitative estimate of drug-likeness (QED) is 0.191. The van der Waals surface area contributed by atoms with Gasteiger partial charge in [0.25, 0.3) is 0 Å². The van der Waals surface area contributed by atoms with Crippen LogP contribution in [0.2, 0.25) is 0 Å². The Hall–Kier alpha value is -3.73. The average Bonchev–Trinajstić information content (AvgIpc) is 2.81. The number of rotatable bonds is 14. The molecule has 0 spiro atoms. The molecule has 0 fully saturated rings. The first kappa shape index (κ1) is 29.5. The number of carboxylic acids is 1. The second-order valence-electron chi connectivity index (χ2n) is 8.20. The predicted octanol–water partition coefficient (Wildman–Crippen LogP) is 0.914. The van der Waals surface area contributed by atoms with Gasteiger partial charge in [-0.25, -0.2) is 4.57 Å². The summed E-state index contributed by atoms with van der Waals surface area (Å²) in [5.41, 5.74) is 1.53. The van der Waals surface area contributed by atoms with Crippen molar-refractivity contribution in [2.24, 2.45) is 0 Å². The zero-order chi connectivity index (χ0) is 27.4. The van der Waals surface area contributed by atoms with Gasteiger partial charge in [-0.05, 0) is 36.1 Å². The third-order valence-electron chi connectivity index (χ3n) is 5.12. The topological polar surface area (TPSA) is 191 Å². The molecule has 0 aliphatic rings. The van der Waals surface area contributed by atoms with E-state index in [9.17, 15) is 23.7 Å². The van der Waals surface area contributed by atoms with Crippen LogP contribution in [-0.2, 0) is 36.6 Å². The molecular formula is C24H30N3O9P. The molecule has 3 amide bonds. The van der Waals surface area contributed by atoms with Gasteiger partial charge in [-0.15, -0.1) is 0 Å². The summed E-state index contributed by atoms with van der Waals surface area (Å²) in [6, 6.07) is 12.7. The van der Waals surface area contributed by atoms with Crippen molar-refractivity contribution >= 4 is 31.5 Å². The molecule has 0 unspecified atom stereocenters. The van der Waals surface area contributed by atoms with E-state index in [0.717, 1.165) is 5.56 Å².